The molecule has 3 rings (SSSR count). The van der Waals surface area contributed by atoms with Gasteiger partial charge in [0, 0.05) is 11.1 Å². The average Bonchev–Trinajstić information content (AvgIpc) is 2.49. The smallest absolute Gasteiger partial charge is 0.336 e. The van der Waals surface area contributed by atoms with Crippen molar-refractivity contribution >= 4 is 44.4 Å². The van der Waals surface area contributed by atoms with Gasteiger partial charge in [-0.3, -0.25) is 0 Å². The van der Waals surface area contributed by atoms with Crippen molar-refractivity contribution in [3.8, 4) is 0 Å². The first-order valence-electron chi connectivity index (χ1n) is 6.20. The van der Waals surface area contributed by atoms with Crippen molar-refractivity contribution in [2.75, 3.05) is 0 Å². The van der Waals surface area contributed by atoms with Crippen LogP contribution >= 0.6 is 27.7 Å². The largest absolute Gasteiger partial charge is 0.478 e. The molecule has 0 bridgehead atoms. The van der Waals surface area contributed by atoms with E-state index in [9.17, 15) is 9.90 Å². The summed E-state index contributed by atoms with van der Waals surface area (Å²) in [6.45, 7) is 0. The molecular formula is C16H10BrNO2S. The Morgan fingerprint density at radius 1 is 1.05 bits per heavy atom. The Morgan fingerprint density at radius 3 is 2.52 bits per heavy atom. The maximum absolute atomic E-state index is 11.3. The third-order valence-electron chi connectivity index (χ3n) is 3.05. The molecule has 0 spiro atoms. The highest BCUT2D eigenvalue weighted by Gasteiger charge is 2.12. The van der Waals surface area contributed by atoms with Crippen LogP contribution in [-0.2, 0) is 0 Å². The first-order chi connectivity index (χ1) is 10.2. The minimum atomic E-state index is -0.915. The van der Waals surface area contributed by atoms with Crippen LogP contribution in [0, 0.1) is 0 Å². The van der Waals surface area contributed by atoms with E-state index in [-0.39, 0.29) is 0 Å². The molecule has 0 fully saturated rings. The molecule has 3 nitrogen and oxygen atoms in total. The monoisotopic (exact) mass is 359 g/mol. The standard InChI is InChI=1S/C16H10BrNO2S/c17-13-6-3-9-18-15(13)21-14-8-7-12(16(19)20)10-4-1-2-5-11(10)14/h1-9H,(H,19,20). The van der Waals surface area contributed by atoms with Gasteiger partial charge in [0.2, 0.25) is 0 Å². The first-order valence-corrected chi connectivity index (χ1v) is 7.81. The van der Waals surface area contributed by atoms with Gasteiger partial charge in [-0.05, 0) is 51.0 Å². The summed E-state index contributed by atoms with van der Waals surface area (Å²) in [7, 11) is 0. The van der Waals surface area contributed by atoms with E-state index in [1.165, 1.54) is 11.8 Å². The van der Waals surface area contributed by atoms with Gasteiger partial charge in [-0.25, -0.2) is 9.78 Å². The van der Waals surface area contributed by atoms with Crippen molar-refractivity contribution in [2.45, 2.75) is 9.92 Å². The maximum atomic E-state index is 11.3. The molecular weight excluding hydrogens is 350 g/mol. The second-order valence-corrected chi connectivity index (χ2v) is 6.24. The van der Waals surface area contributed by atoms with Crippen LogP contribution in [-0.4, -0.2) is 16.1 Å². The van der Waals surface area contributed by atoms with Crippen LogP contribution in [0.3, 0.4) is 0 Å². The summed E-state index contributed by atoms with van der Waals surface area (Å²) in [5.41, 5.74) is 0.315. The number of hydrogen-bond donors (Lipinski definition) is 1. The number of halogens is 1. The Kier molecular flexibility index (Phi) is 3.94. The molecule has 104 valence electrons. The molecule has 0 unspecified atom stereocenters. The third kappa shape index (κ3) is 2.80. The predicted molar refractivity (Wildman–Crippen MR) is 87.0 cm³/mol. The van der Waals surface area contributed by atoms with Crippen molar-refractivity contribution in [3.63, 3.8) is 0 Å². The number of nitrogens with zero attached hydrogens (tertiary/aromatic N) is 1. The summed E-state index contributed by atoms with van der Waals surface area (Å²) >= 11 is 4.99. The van der Waals surface area contributed by atoms with Gasteiger partial charge in [-0.1, -0.05) is 36.0 Å². The first kappa shape index (κ1) is 14.1. The number of fused-ring (bicyclic) bond motifs is 1. The Labute approximate surface area is 134 Å². The summed E-state index contributed by atoms with van der Waals surface area (Å²) in [5.74, 6) is -0.915. The van der Waals surface area contributed by atoms with Gasteiger partial charge in [0.15, 0.2) is 0 Å². The Balaban J connectivity index is 2.14. The minimum Gasteiger partial charge on any atom is -0.478 e. The molecule has 1 heterocycles. The van der Waals surface area contributed by atoms with Crippen LogP contribution in [0.4, 0.5) is 0 Å². The van der Waals surface area contributed by atoms with Crippen molar-refractivity contribution in [3.05, 3.63) is 64.8 Å². The van der Waals surface area contributed by atoms with Crippen LogP contribution < -0.4 is 0 Å². The van der Waals surface area contributed by atoms with Gasteiger partial charge >= 0.3 is 5.97 Å². The molecule has 0 radical (unpaired) electrons. The highest BCUT2D eigenvalue weighted by Crippen LogP contribution is 2.36. The molecule has 21 heavy (non-hydrogen) atoms. The average molecular weight is 360 g/mol. The van der Waals surface area contributed by atoms with E-state index in [1.807, 2.05) is 42.5 Å². The molecule has 0 saturated carbocycles. The van der Waals surface area contributed by atoms with E-state index in [4.69, 9.17) is 0 Å². The van der Waals surface area contributed by atoms with E-state index < -0.39 is 5.97 Å². The fourth-order valence-electron chi connectivity index (χ4n) is 2.10. The number of aromatic nitrogens is 1. The molecule has 5 heteroatoms. The highest BCUT2D eigenvalue weighted by atomic mass is 79.9. The van der Waals surface area contributed by atoms with E-state index in [2.05, 4.69) is 20.9 Å². The molecule has 1 aromatic heterocycles. The predicted octanol–water partition coefficient (Wildman–Crippen LogP) is 4.85. The van der Waals surface area contributed by atoms with Crippen LogP contribution in [0.15, 0.2) is 69.1 Å². The summed E-state index contributed by atoms with van der Waals surface area (Å²) in [6, 6.07) is 14.8. The fourth-order valence-corrected chi connectivity index (χ4v) is 3.51. The number of hydrogen-bond acceptors (Lipinski definition) is 3. The van der Waals surface area contributed by atoms with Gasteiger partial charge in [0.1, 0.15) is 5.03 Å². The van der Waals surface area contributed by atoms with Gasteiger partial charge in [0.25, 0.3) is 0 Å². The molecule has 0 aliphatic rings. The lowest BCUT2D eigenvalue weighted by Gasteiger charge is -2.09. The molecule has 3 aromatic rings. The number of aromatic carboxylic acids is 1. The van der Waals surface area contributed by atoms with Crippen molar-refractivity contribution in [1.29, 1.82) is 0 Å². The number of carboxylic acid groups (broad SMARTS) is 1. The summed E-state index contributed by atoms with van der Waals surface area (Å²) in [6.07, 6.45) is 1.74. The zero-order valence-corrected chi connectivity index (χ0v) is 13.2. The van der Waals surface area contributed by atoms with Crippen LogP contribution in [0.5, 0.6) is 0 Å². The Hall–Kier alpha value is -1.85. The Morgan fingerprint density at radius 2 is 1.81 bits per heavy atom. The summed E-state index contributed by atoms with van der Waals surface area (Å²) < 4.78 is 0.918. The van der Waals surface area contributed by atoms with E-state index in [0.717, 1.165) is 25.2 Å². The second kappa shape index (κ2) is 5.87. The third-order valence-corrected chi connectivity index (χ3v) is 5.04. The number of carboxylic acids is 1. The number of rotatable bonds is 3. The van der Waals surface area contributed by atoms with Gasteiger partial charge in [-0.15, -0.1) is 0 Å². The normalized spacial score (nSPS) is 10.7. The van der Waals surface area contributed by atoms with E-state index in [1.54, 1.807) is 12.3 Å². The quantitative estimate of drug-likeness (QED) is 0.726. The zero-order valence-electron chi connectivity index (χ0n) is 10.8. The Bertz CT molecular complexity index is 835. The minimum absolute atomic E-state index is 0.315. The molecule has 0 amide bonds. The lowest BCUT2D eigenvalue weighted by Crippen LogP contribution is -1.97. The fraction of sp³-hybridized carbons (Fsp3) is 0. The van der Waals surface area contributed by atoms with Crippen molar-refractivity contribution < 1.29 is 9.90 Å². The molecule has 1 N–H and O–H groups in total. The SMILES string of the molecule is O=C(O)c1ccc(Sc2ncccc2Br)c2ccccc12. The van der Waals surface area contributed by atoms with Gasteiger partial charge < -0.3 is 5.11 Å². The van der Waals surface area contributed by atoms with Crippen molar-refractivity contribution in [1.82, 2.24) is 4.98 Å². The molecule has 0 aliphatic heterocycles. The summed E-state index contributed by atoms with van der Waals surface area (Å²) in [5, 5.41) is 11.8. The molecule has 0 saturated heterocycles. The number of benzene rings is 2. The van der Waals surface area contributed by atoms with E-state index >= 15 is 0 Å². The molecule has 2 aromatic carbocycles. The van der Waals surface area contributed by atoms with Crippen LogP contribution in [0.1, 0.15) is 10.4 Å². The van der Waals surface area contributed by atoms with Crippen molar-refractivity contribution in [2.24, 2.45) is 0 Å². The summed E-state index contributed by atoms with van der Waals surface area (Å²) in [4.78, 5) is 16.6. The maximum Gasteiger partial charge on any atom is 0.336 e. The van der Waals surface area contributed by atoms with E-state index in [0.29, 0.717) is 5.56 Å². The lowest BCUT2D eigenvalue weighted by atomic mass is 10.0. The topological polar surface area (TPSA) is 50.2 Å². The second-order valence-electron chi connectivity index (χ2n) is 4.35. The molecule has 0 atom stereocenters. The number of pyridine rings is 1. The number of carbonyl (C=O) groups is 1. The highest BCUT2D eigenvalue weighted by molar-refractivity contribution is 9.10. The van der Waals surface area contributed by atoms with Crippen LogP contribution in [0.2, 0.25) is 0 Å². The van der Waals surface area contributed by atoms with Crippen LogP contribution in [0.25, 0.3) is 10.8 Å². The lowest BCUT2D eigenvalue weighted by molar-refractivity contribution is 0.0699. The zero-order chi connectivity index (χ0) is 14.8. The van der Waals surface area contributed by atoms with Gasteiger partial charge in [-0.2, -0.15) is 0 Å². The van der Waals surface area contributed by atoms with Gasteiger partial charge in [0.05, 0.1) is 10.0 Å². The molecule has 0 aliphatic carbocycles.